The molecule has 12 heteroatoms. The summed E-state index contributed by atoms with van der Waals surface area (Å²) in [4.78, 5) is 2.75. The molecule has 0 aliphatic carbocycles. The van der Waals surface area contributed by atoms with Gasteiger partial charge in [-0.2, -0.15) is 0 Å². The van der Waals surface area contributed by atoms with Crippen LogP contribution in [0.3, 0.4) is 0 Å². The molecule has 0 radical (unpaired) electrons. The number of aryl methyl sites for hydroxylation is 2. The lowest BCUT2D eigenvalue weighted by Gasteiger charge is -2.13. The first kappa shape index (κ1) is 32.7. The minimum absolute atomic E-state index is 0.0586. The van der Waals surface area contributed by atoms with Crippen molar-refractivity contribution in [3.05, 3.63) is 83.9 Å². The van der Waals surface area contributed by atoms with Crippen molar-refractivity contribution in [2.24, 2.45) is 0 Å². The van der Waals surface area contributed by atoms with Crippen LogP contribution < -0.4 is 9.47 Å². The van der Waals surface area contributed by atoms with Crippen LogP contribution in [0.1, 0.15) is 38.8 Å². The number of phenolic OH excluding ortho intramolecular Hbond substituents is 2. The second kappa shape index (κ2) is 15.5. The molecule has 0 fully saturated rings. The third kappa shape index (κ3) is 7.66. The topological polar surface area (TPSA) is 139 Å². The molecule has 0 atom stereocenters. The normalized spacial score (nSPS) is 10.6. The van der Waals surface area contributed by atoms with E-state index in [2.05, 4.69) is 20.4 Å². The zero-order chi connectivity index (χ0) is 32.3. The Kier molecular flexibility index (Phi) is 11.3. The first-order valence-electron chi connectivity index (χ1n) is 14.7. The fourth-order valence-corrected chi connectivity index (χ4v) is 4.21. The number of aromatic hydroxyl groups is 2. The molecule has 2 N–H and O–H groups in total. The minimum Gasteiger partial charge on any atom is -0.505 e. The molecular weight excluding hydrogens is 576 g/mol. The van der Waals surface area contributed by atoms with E-state index in [1.54, 1.807) is 38.1 Å². The molecule has 2 heterocycles. The van der Waals surface area contributed by atoms with Gasteiger partial charge in [0.05, 0.1) is 0 Å². The predicted molar refractivity (Wildman–Crippen MR) is 171 cm³/mol. The second-order valence-corrected chi connectivity index (χ2v) is 9.22. The quantitative estimate of drug-likeness (QED) is 0.128. The van der Waals surface area contributed by atoms with Crippen LogP contribution in [-0.4, -0.2) is 60.6 Å². The van der Waals surface area contributed by atoms with E-state index in [4.69, 9.17) is 18.9 Å². The molecule has 45 heavy (non-hydrogen) atoms. The lowest BCUT2D eigenvalue weighted by atomic mass is 10.2. The molecule has 0 amide bonds. The number of rotatable bonds is 10. The van der Waals surface area contributed by atoms with E-state index in [-0.39, 0.29) is 31.9 Å². The van der Waals surface area contributed by atoms with Crippen LogP contribution in [0.15, 0.2) is 72.8 Å². The summed E-state index contributed by atoms with van der Waals surface area (Å²) in [5.41, 5.74) is 4.84. The van der Waals surface area contributed by atoms with Gasteiger partial charge in [0.2, 0.25) is 0 Å². The molecule has 2 aromatic heterocycles. The molecule has 6 aromatic rings. The standard InChI is InChI=1S/C29H26N6O6.2C2H6/c1-18-11-20(13-26(28(18)36)34-30-22-7-3-4-8-23(22)31-34)40-16-38-15-39-17-41-21-12-19(2)29(37)27(14-21)35-32-24-9-5-6-10-25(24)33-35;2*1-2/h3-14,36-37H,15-17H2,1-2H3;2*1-2H3. The number of hydrogen-bond donors (Lipinski definition) is 2. The Morgan fingerprint density at radius 3 is 1.20 bits per heavy atom. The Labute approximate surface area is 261 Å². The van der Waals surface area contributed by atoms with Crippen molar-refractivity contribution in [3.63, 3.8) is 0 Å². The van der Waals surface area contributed by atoms with E-state index in [0.717, 1.165) is 0 Å². The van der Waals surface area contributed by atoms with Crippen LogP contribution in [0, 0.1) is 13.8 Å². The van der Waals surface area contributed by atoms with Gasteiger partial charge >= 0.3 is 0 Å². The maximum absolute atomic E-state index is 10.6. The van der Waals surface area contributed by atoms with Gasteiger partial charge in [0.25, 0.3) is 0 Å². The van der Waals surface area contributed by atoms with Gasteiger partial charge in [-0.1, -0.05) is 52.0 Å². The Hall–Kier alpha value is -5.20. The SMILES string of the molecule is CC.CC.Cc1cc(OCOCOCOc2cc(C)c(O)c(-n3nc4ccccc4n3)c2)cc(-n2nc3ccccc3n2)c1O. The highest BCUT2D eigenvalue weighted by atomic mass is 16.8. The van der Waals surface area contributed by atoms with Gasteiger partial charge in [0.15, 0.2) is 20.4 Å². The summed E-state index contributed by atoms with van der Waals surface area (Å²) in [5.74, 6) is 1.06. The van der Waals surface area contributed by atoms with Crippen LogP contribution in [0.5, 0.6) is 23.0 Å². The van der Waals surface area contributed by atoms with Gasteiger partial charge in [0.1, 0.15) is 56.4 Å². The average Bonchev–Trinajstić information content (AvgIpc) is 3.70. The van der Waals surface area contributed by atoms with Crippen molar-refractivity contribution in [1.82, 2.24) is 30.0 Å². The highest BCUT2D eigenvalue weighted by Gasteiger charge is 2.15. The number of benzene rings is 4. The Bertz CT molecular complexity index is 1650. The first-order chi connectivity index (χ1) is 22.0. The molecule has 0 unspecified atom stereocenters. The van der Waals surface area contributed by atoms with Crippen molar-refractivity contribution >= 4 is 22.1 Å². The van der Waals surface area contributed by atoms with Gasteiger partial charge in [-0.3, -0.25) is 0 Å². The Balaban J connectivity index is 0.00000111. The molecule has 0 spiro atoms. The number of hydrogen-bond acceptors (Lipinski definition) is 10. The summed E-state index contributed by atoms with van der Waals surface area (Å²) in [5, 5.41) is 38.8. The summed E-state index contributed by atoms with van der Waals surface area (Å²) >= 11 is 0. The van der Waals surface area contributed by atoms with Crippen molar-refractivity contribution in [2.45, 2.75) is 41.5 Å². The van der Waals surface area contributed by atoms with Crippen LogP contribution in [0.4, 0.5) is 0 Å². The fourth-order valence-electron chi connectivity index (χ4n) is 4.21. The second-order valence-electron chi connectivity index (χ2n) is 9.22. The molecule has 236 valence electrons. The number of fused-ring (bicyclic) bond motifs is 2. The first-order valence-corrected chi connectivity index (χ1v) is 14.7. The van der Waals surface area contributed by atoms with Gasteiger partial charge < -0.3 is 29.2 Å². The molecule has 0 aliphatic rings. The zero-order valence-electron chi connectivity index (χ0n) is 26.3. The molecule has 6 rings (SSSR count). The molecule has 0 saturated heterocycles. The van der Waals surface area contributed by atoms with Crippen LogP contribution >= 0.6 is 0 Å². The van der Waals surface area contributed by atoms with Gasteiger partial charge in [-0.05, 0) is 61.4 Å². The van der Waals surface area contributed by atoms with Crippen molar-refractivity contribution in [1.29, 1.82) is 0 Å². The van der Waals surface area contributed by atoms with E-state index in [1.165, 1.54) is 9.59 Å². The van der Waals surface area contributed by atoms with E-state index in [9.17, 15) is 10.2 Å². The summed E-state index contributed by atoms with van der Waals surface area (Å²) < 4.78 is 22.2. The van der Waals surface area contributed by atoms with E-state index >= 15 is 0 Å². The highest BCUT2D eigenvalue weighted by Crippen LogP contribution is 2.32. The van der Waals surface area contributed by atoms with E-state index in [1.807, 2.05) is 76.2 Å². The van der Waals surface area contributed by atoms with Gasteiger partial charge in [-0.25, -0.2) is 0 Å². The van der Waals surface area contributed by atoms with E-state index < -0.39 is 0 Å². The molecular formula is C33H38N6O6. The maximum atomic E-state index is 10.6. The van der Waals surface area contributed by atoms with Crippen LogP contribution in [-0.2, 0) is 9.47 Å². The summed E-state index contributed by atoms with van der Waals surface area (Å²) in [6.07, 6.45) is 0. The summed E-state index contributed by atoms with van der Waals surface area (Å²) in [6, 6.07) is 21.5. The molecule has 0 bridgehead atoms. The maximum Gasteiger partial charge on any atom is 0.191 e. The number of aromatic nitrogens is 6. The lowest BCUT2D eigenvalue weighted by Crippen LogP contribution is -2.11. The fraction of sp³-hybridized carbons (Fsp3) is 0.273. The molecule has 4 aromatic carbocycles. The van der Waals surface area contributed by atoms with Gasteiger partial charge in [-0.15, -0.1) is 30.0 Å². The third-order valence-corrected chi connectivity index (χ3v) is 6.30. The molecule has 0 aliphatic heterocycles. The van der Waals surface area contributed by atoms with Crippen LogP contribution in [0.25, 0.3) is 33.4 Å². The summed E-state index contributed by atoms with van der Waals surface area (Å²) in [6.45, 7) is 11.2. The molecule has 12 nitrogen and oxygen atoms in total. The van der Waals surface area contributed by atoms with Crippen LogP contribution in [0.2, 0.25) is 0 Å². The average molecular weight is 615 g/mol. The molecule has 0 saturated carbocycles. The number of nitrogens with zero attached hydrogens (tertiary/aromatic N) is 6. The Morgan fingerprint density at radius 2 is 0.867 bits per heavy atom. The number of ether oxygens (including phenoxy) is 4. The van der Waals surface area contributed by atoms with E-state index in [0.29, 0.717) is 56.1 Å². The smallest absolute Gasteiger partial charge is 0.191 e. The largest absolute Gasteiger partial charge is 0.505 e. The van der Waals surface area contributed by atoms with Crippen molar-refractivity contribution in [2.75, 3.05) is 20.4 Å². The predicted octanol–water partition coefficient (Wildman–Crippen LogP) is 6.60. The monoisotopic (exact) mass is 614 g/mol. The zero-order valence-corrected chi connectivity index (χ0v) is 26.3. The Morgan fingerprint density at radius 1 is 0.533 bits per heavy atom. The van der Waals surface area contributed by atoms with Crippen molar-refractivity contribution in [3.8, 4) is 34.4 Å². The lowest BCUT2D eigenvalue weighted by molar-refractivity contribution is -0.130. The highest BCUT2D eigenvalue weighted by molar-refractivity contribution is 5.74. The summed E-state index contributed by atoms with van der Waals surface area (Å²) in [7, 11) is 0. The number of phenols is 2. The minimum atomic E-state index is -0.0981. The van der Waals surface area contributed by atoms with Crippen molar-refractivity contribution < 1.29 is 29.2 Å². The van der Waals surface area contributed by atoms with Gasteiger partial charge in [0, 0.05) is 12.1 Å². The third-order valence-electron chi connectivity index (χ3n) is 6.30.